The van der Waals surface area contributed by atoms with E-state index in [1.807, 2.05) is 35.4 Å². The monoisotopic (exact) mass is 350 g/mol. The van der Waals surface area contributed by atoms with Crippen molar-refractivity contribution >= 4 is 29.7 Å². The number of likely N-dealkylation sites (tertiary alicyclic amines) is 1. The van der Waals surface area contributed by atoms with E-state index in [1.54, 1.807) is 11.3 Å². The summed E-state index contributed by atoms with van der Waals surface area (Å²) in [7, 11) is 0. The van der Waals surface area contributed by atoms with Crippen molar-refractivity contribution in [2.75, 3.05) is 19.6 Å². The third kappa shape index (κ3) is 3.77. The van der Waals surface area contributed by atoms with Gasteiger partial charge in [0.15, 0.2) is 0 Å². The number of carbonyl (C=O) groups excluding carboxylic acids is 1. The van der Waals surface area contributed by atoms with Gasteiger partial charge < -0.3 is 10.6 Å². The summed E-state index contributed by atoms with van der Waals surface area (Å²) in [5, 5.41) is 2.03. The molecule has 3 atom stereocenters. The minimum absolute atomic E-state index is 0. The van der Waals surface area contributed by atoms with Crippen molar-refractivity contribution in [2.45, 2.75) is 18.8 Å². The Morgan fingerprint density at radius 1 is 1.26 bits per heavy atom. The number of nitrogens with zero attached hydrogens (tertiary/aromatic N) is 1. The second kappa shape index (κ2) is 7.95. The number of hydrogen-bond donors (Lipinski definition) is 1. The molecular formula is C18H23ClN2OS. The van der Waals surface area contributed by atoms with Crippen LogP contribution in [0.15, 0.2) is 47.8 Å². The number of benzene rings is 1. The van der Waals surface area contributed by atoms with Crippen LogP contribution in [0, 0.1) is 5.92 Å². The number of hydrogen-bond acceptors (Lipinski definition) is 3. The fourth-order valence-corrected chi connectivity index (χ4v) is 4.08. The van der Waals surface area contributed by atoms with Crippen molar-refractivity contribution in [3.8, 4) is 0 Å². The Labute approximate surface area is 147 Å². The zero-order valence-corrected chi connectivity index (χ0v) is 14.9. The molecule has 3 rings (SSSR count). The molecule has 1 aliphatic rings. The Hall–Kier alpha value is -1.36. The van der Waals surface area contributed by atoms with Crippen molar-refractivity contribution in [3.63, 3.8) is 0 Å². The first kappa shape index (κ1) is 18.0. The Morgan fingerprint density at radius 2 is 2.00 bits per heavy atom. The zero-order chi connectivity index (χ0) is 15.5. The van der Waals surface area contributed by atoms with E-state index in [0.29, 0.717) is 18.4 Å². The molecule has 1 aromatic carbocycles. The lowest BCUT2D eigenvalue weighted by Gasteiger charge is -2.20. The smallest absolute Gasteiger partial charge is 0.230 e. The van der Waals surface area contributed by atoms with Gasteiger partial charge in [-0.2, -0.15) is 0 Å². The fraction of sp³-hybridized carbons (Fsp3) is 0.389. The maximum Gasteiger partial charge on any atom is 0.230 e. The van der Waals surface area contributed by atoms with Crippen LogP contribution in [-0.4, -0.2) is 30.4 Å². The number of halogens is 1. The lowest BCUT2D eigenvalue weighted by molar-refractivity contribution is -0.131. The zero-order valence-electron chi connectivity index (χ0n) is 13.2. The molecule has 124 valence electrons. The van der Waals surface area contributed by atoms with Crippen molar-refractivity contribution in [2.24, 2.45) is 11.7 Å². The summed E-state index contributed by atoms with van der Waals surface area (Å²) < 4.78 is 0. The molecule has 1 saturated heterocycles. The van der Waals surface area contributed by atoms with Crippen LogP contribution < -0.4 is 5.73 Å². The van der Waals surface area contributed by atoms with Gasteiger partial charge in [-0.3, -0.25) is 4.79 Å². The Balaban J connectivity index is 0.00000192. The maximum atomic E-state index is 12.8. The first-order chi connectivity index (χ1) is 10.7. The quantitative estimate of drug-likeness (QED) is 0.917. The van der Waals surface area contributed by atoms with Gasteiger partial charge in [-0.05, 0) is 36.4 Å². The Kier molecular flexibility index (Phi) is 6.22. The van der Waals surface area contributed by atoms with Gasteiger partial charge in [0.05, 0.1) is 5.92 Å². The molecule has 0 spiro atoms. The number of carbonyl (C=O) groups is 1. The van der Waals surface area contributed by atoms with Gasteiger partial charge in [-0.1, -0.05) is 36.4 Å². The molecule has 1 aromatic heterocycles. The normalized spacial score (nSPS) is 21.7. The average molecular weight is 351 g/mol. The van der Waals surface area contributed by atoms with Crippen LogP contribution >= 0.6 is 23.7 Å². The summed E-state index contributed by atoms with van der Waals surface area (Å²) in [6.45, 7) is 4.17. The molecule has 0 aliphatic carbocycles. The molecule has 23 heavy (non-hydrogen) atoms. The molecule has 0 saturated carbocycles. The Morgan fingerprint density at radius 3 is 2.61 bits per heavy atom. The molecule has 1 fully saturated rings. The van der Waals surface area contributed by atoms with Gasteiger partial charge in [0, 0.05) is 23.9 Å². The molecule has 5 heteroatoms. The maximum absolute atomic E-state index is 12.8. The predicted molar refractivity (Wildman–Crippen MR) is 98.3 cm³/mol. The van der Waals surface area contributed by atoms with Crippen molar-refractivity contribution in [3.05, 3.63) is 58.3 Å². The third-order valence-electron chi connectivity index (χ3n) is 4.62. The molecule has 1 amide bonds. The second-order valence-electron chi connectivity index (χ2n) is 5.99. The lowest BCUT2D eigenvalue weighted by atomic mass is 9.89. The minimum Gasteiger partial charge on any atom is -0.341 e. The van der Waals surface area contributed by atoms with E-state index in [9.17, 15) is 4.79 Å². The highest BCUT2D eigenvalue weighted by Gasteiger charge is 2.36. The number of nitrogens with two attached hydrogens (primary N) is 1. The van der Waals surface area contributed by atoms with Crippen LogP contribution in [0.1, 0.15) is 29.2 Å². The average Bonchev–Trinajstić information content (AvgIpc) is 3.23. The summed E-state index contributed by atoms with van der Waals surface area (Å²) in [5.41, 5.74) is 7.25. The SMILES string of the molecule is CC(C(=O)N1C[C@@H](CN)[C@H](c2ccccc2)C1)c1cccs1.Cl. The van der Waals surface area contributed by atoms with E-state index >= 15 is 0 Å². The van der Waals surface area contributed by atoms with E-state index in [1.165, 1.54) is 5.56 Å². The van der Waals surface area contributed by atoms with Gasteiger partial charge in [-0.25, -0.2) is 0 Å². The van der Waals surface area contributed by atoms with Gasteiger partial charge >= 0.3 is 0 Å². The first-order valence-corrected chi connectivity index (χ1v) is 8.66. The lowest BCUT2D eigenvalue weighted by Crippen LogP contribution is -2.32. The molecular weight excluding hydrogens is 328 g/mol. The van der Waals surface area contributed by atoms with Crippen LogP contribution in [0.3, 0.4) is 0 Å². The van der Waals surface area contributed by atoms with E-state index in [0.717, 1.165) is 18.0 Å². The van der Waals surface area contributed by atoms with Crippen molar-refractivity contribution < 1.29 is 4.79 Å². The molecule has 2 N–H and O–H groups in total. The first-order valence-electron chi connectivity index (χ1n) is 7.78. The Bertz CT molecular complexity index is 617. The van der Waals surface area contributed by atoms with E-state index in [-0.39, 0.29) is 24.2 Å². The molecule has 0 radical (unpaired) electrons. The number of thiophene rings is 1. The van der Waals surface area contributed by atoms with Gasteiger partial charge in [0.2, 0.25) is 5.91 Å². The molecule has 2 heterocycles. The summed E-state index contributed by atoms with van der Waals surface area (Å²) in [5.74, 6) is 0.861. The van der Waals surface area contributed by atoms with Crippen LogP contribution in [0.5, 0.6) is 0 Å². The standard InChI is InChI=1S/C18H22N2OS.ClH/c1-13(17-8-5-9-22-17)18(21)20-11-15(10-19)16(12-20)14-6-3-2-4-7-14;/h2-9,13,15-16H,10-12,19H2,1H3;1H/t13?,15-,16+;/m1./s1. The van der Waals surface area contributed by atoms with Crippen LogP contribution in [-0.2, 0) is 4.79 Å². The predicted octanol–water partition coefficient (Wildman–Crippen LogP) is 3.47. The second-order valence-corrected chi connectivity index (χ2v) is 6.97. The highest BCUT2D eigenvalue weighted by atomic mass is 35.5. The van der Waals surface area contributed by atoms with E-state index < -0.39 is 0 Å². The summed E-state index contributed by atoms with van der Waals surface area (Å²) in [4.78, 5) is 15.9. The summed E-state index contributed by atoms with van der Waals surface area (Å²) in [6, 6.07) is 14.5. The van der Waals surface area contributed by atoms with Crippen LogP contribution in [0.25, 0.3) is 0 Å². The van der Waals surface area contributed by atoms with Crippen molar-refractivity contribution in [1.82, 2.24) is 4.90 Å². The summed E-state index contributed by atoms with van der Waals surface area (Å²) >= 11 is 1.65. The third-order valence-corrected chi connectivity index (χ3v) is 5.68. The molecule has 3 nitrogen and oxygen atoms in total. The molecule has 2 aromatic rings. The number of amides is 1. The topological polar surface area (TPSA) is 46.3 Å². The van der Waals surface area contributed by atoms with Crippen LogP contribution in [0.2, 0.25) is 0 Å². The highest BCUT2D eigenvalue weighted by molar-refractivity contribution is 7.10. The van der Waals surface area contributed by atoms with Crippen LogP contribution in [0.4, 0.5) is 0 Å². The highest BCUT2D eigenvalue weighted by Crippen LogP contribution is 2.34. The minimum atomic E-state index is -0.0621. The molecule has 1 unspecified atom stereocenters. The largest absolute Gasteiger partial charge is 0.341 e. The van der Waals surface area contributed by atoms with E-state index in [4.69, 9.17) is 5.73 Å². The van der Waals surface area contributed by atoms with E-state index in [2.05, 4.69) is 24.3 Å². The fourth-order valence-electron chi connectivity index (χ4n) is 3.30. The van der Waals surface area contributed by atoms with Gasteiger partial charge in [-0.15, -0.1) is 23.7 Å². The number of rotatable bonds is 4. The summed E-state index contributed by atoms with van der Waals surface area (Å²) in [6.07, 6.45) is 0. The molecule has 0 bridgehead atoms. The van der Waals surface area contributed by atoms with Gasteiger partial charge in [0.25, 0.3) is 0 Å². The molecule has 1 aliphatic heterocycles. The van der Waals surface area contributed by atoms with Crippen molar-refractivity contribution in [1.29, 1.82) is 0 Å². The van der Waals surface area contributed by atoms with Gasteiger partial charge in [0.1, 0.15) is 0 Å².